The molecule has 1 saturated heterocycles. The van der Waals surface area contributed by atoms with Crippen LogP contribution in [0.1, 0.15) is 49.3 Å². The van der Waals surface area contributed by atoms with Crippen molar-refractivity contribution in [3.8, 4) is 0 Å². The lowest BCUT2D eigenvalue weighted by atomic mass is 10.1. The van der Waals surface area contributed by atoms with Crippen LogP contribution in [0.2, 0.25) is 0 Å². The van der Waals surface area contributed by atoms with Gasteiger partial charge in [-0.25, -0.2) is 0 Å². The number of hydrogen-bond acceptors (Lipinski definition) is 5. The van der Waals surface area contributed by atoms with Gasteiger partial charge in [-0.05, 0) is 50.2 Å². The Kier molecular flexibility index (Phi) is 5.66. The van der Waals surface area contributed by atoms with Gasteiger partial charge in [0.25, 0.3) is 0 Å². The molecular formula is C20H27N5OS. The fourth-order valence-corrected chi connectivity index (χ4v) is 4.34. The normalized spacial score (nSPS) is 17.1. The fraction of sp³-hybridized carbons (Fsp3) is 0.550. The summed E-state index contributed by atoms with van der Waals surface area (Å²) >= 11 is 1.50. The van der Waals surface area contributed by atoms with Crippen molar-refractivity contribution in [1.29, 1.82) is 0 Å². The lowest BCUT2D eigenvalue weighted by molar-refractivity contribution is -0.118. The SMILES string of the molecule is Cc1ccccc1CNC(=O)CSc1nnc(N2CCCCC2)n1C1CC1. The molecule has 144 valence electrons. The molecule has 1 aliphatic carbocycles. The molecule has 7 heteroatoms. The molecular weight excluding hydrogens is 358 g/mol. The number of carbonyl (C=O) groups is 1. The number of rotatable bonds is 7. The van der Waals surface area contributed by atoms with Crippen LogP contribution >= 0.6 is 11.8 Å². The average Bonchev–Trinajstić information content (AvgIpc) is 3.45. The number of thioether (sulfide) groups is 1. The first kappa shape index (κ1) is 18.3. The molecule has 27 heavy (non-hydrogen) atoms. The van der Waals surface area contributed by atoms with Crippen LogP contribution in [0.5, 0.6) is 0 Å². The Balaban J connectivity index is 1.36. The van der Waals surface area contributed by atoms with Crippen LogP contribution in [0.15, 0.2) is 29.4 Å². The van der Waals surface area contributed by atoms with Gasteiger partial charge in [0.15, 0.2) is 5.16 Å². The number of piperidine rings is 1. The number of amides is 1. The summed E-state index contributed by atoms with van der Waals surface area (Å²) in [6.45, 7) is 4.76. The third-order valence-electron chi connectivity index (χ3n) is 5.27. The molecule has 1 aliphatic heterocycles. The third kappa shape index (κ3) is 4.46. The van der Waals surface area contributed by atoms with Crippen molar-refractivity contribution in [2.24, 2.45) is 0 Å². The van der Waals surface area contributed by atoms with E-state index in [1.807, 2.05) is 12.1 Å². The first-order chi connectivity index (χ1) is 13.2. The zero-order valence-electron chi connectivity index (χ0n) is 15.9. The second-order valence-electron chi connectivity index (χ2n) is 7.42. The van der Waals surface area contributed by atoms with Crippen molar-refractivity contribution in [3.05, 3.63) is 35.4 Å². The van der Waals surface area contributed by atoms with Gasteiger partial charge in [0.1, 0.15) is 0 Å². The Morgan fingerprint density at radius 3 is 2.70 bits per heavy atom. The zero-order valence-corrected chi connectivity index (χ0v) is 16.7. The summed E-state index contributed by atoms with van der Waals surface area (Å²) in [7, 11) is 0. The van der Waals surface area contributed by atoms with E-state index in [9.17, 15) is 4.79 Å². The molecule has 0 bridgehead atoms. The van der Waals surface area contributed by atoms with Crippen LogP contribution in [0.3, 0.4) is 0 Å². The van der Waals surface area contributed by atoms with Gasteiger partial charge in [-0.3, -0.25) is 9.36 Å². The van der Waals surface area contributed by atoms with Crippen LogP contribution in [0, 0.1) is 6.92 Å². The predicted molar refractivity (Wildman–Crippen MR) is 108 cm³/mol. The molecule has 0 radical (unpaired) electrons. The number of aromatic nitrogens is 3. The quantitative estimate of drug-likeness (QED) is 0.741. The van der Waals surface area contributed by atoms with Crippen LogP contribution in [-0.2, 0) is 11.3 Å². The Morgan fingerprint density at radius 2 is 1.96 bits per heavy atom. The predicted octanol–water partition coefficient (Wildman–Crippen LogP) is 3.32. The Bertz CT molecular complexity index is 795. The summed E-state index contributed by atoms with van der Waals surface area (Å²) in [5.74, 6) is 1.41. The topological polar surface area (TPSA) is 63.1 Å². The van der Waals surface area contributed by atoms with Crippen molar-refractivity contribution in [1.82, 2.24) is 20.1 Å². The minimum absolute atomic E-state index is 0.0353. The van der Waals surface area contributed by atoms with Crippen molar-refractivity contribution < 1.29 is 4.79 Å². The van der Waals surface area contributed by atoms with Crippen molar-refractivity contribution >= 4 is 23.6 Å². The van der Waals surface area contributed by atoms with Crippen LogP contribution in [0.4, 0.5) is 5.95 Å². The number of hydrogen-bond donors (Lipinski definition) is 1. The lowest BCUT2D eigenvalue weighted by Gasteiger charge is -2.27. The summed E-state index contributed by atoms with van der Waals surface area (Å²) < 4.78 is 2.27. The minimum Gasteiger partial charge on any atom is -0.351 e. The molecule has 2 aromatic rings. The zero-order chi connectivity index (χ0) is 18.6. The average molecular weight is 386 g/mol. The number of benzene rings is 1. The van der Waals surface area contributed by atoms with E-state index >= 15 is 0 Å². The number of carbonyl (C=O) groups excluding carboxylic acids is 1. The van der Waals surface area contributed by atoms with E-state index in [0.717, 1.165) is 29.8 Å². The molecule has 1 aromatic carbocycles. The van der Waals surface area contributed by atoms with E-state index in [1.165, 1.54) is 49.4 Å². The number of nitrogens with one attached hydrogen (secondary N) is 1. The van der Waals surface area contributed by atoms with Gasteiger partial charge >= 0.3 is 0 Å². The monoisotopic (exact) mass is 385 g/mol. The highest BCUT2D eigenvalue weighted by Crippen LogP contribution is 2.41. The van der Waals surface area contributed by atoms with Crippen molar-refractivity contribution in [2.75, 3.05) is 23.7 Å². The Hall–Kier alpha value is -2.02. The fourth-order valence-electron chi connectivity index (χ4n) is 3.51. The maximum atomic E-state index is 12.3. The highest BCUT2D eigenvalue weighted by molar-refractivity contribution is 7.99. The van der Waals surface area contributed by atoms with E-state index in [2.05, 4.69) is 44.0 Å². The summed E-state index contributed by atoms with van der Waals surface area (Å²) in [5, 5.41) is 12.8. The molecule has 2 fully saturated rings. The summed E-state index contributed by atoms with van der Waals surface area (Å²) in [5.41, 5.74) is 2.36. The van der Waals surface area contributed by atoms with Gasteiger partial charge in [0.05, 0.1) is 5.75 Å². The largest absolute Gasteiger partial charge is 0.351 e. The Labute approximate surface area is 164 Å². The number of aryl methyl sites for hydroxylation is 1. The van der Waals surface area contributed by atoms with Crippen molar-refractivity contribution in [3.63, 3.8) is 0 Å². The second-order valence-corrected chi connectivity index (χ2v) is 8.37. The summed E-state index contributed by atoms with van der Waals surface area (Å²) in [4.78, 5) is 14.7. The molecule has 1 N–H and O–H groups in total. The van der Waals surface area contributed by atoms with Gasteiger partial charge < -0.3 is 10.2 Å². The molecule has 4 rings (SSSR count). The molecule has 0 unspecified atom stereocenters. The first-order valence-electron chi connectivity index (χ1n) is 9.86. The molecule has 1 amide bonds. The maximum Gasteiger partial charge on any atom is 0.230 e. The highest BCUT2D eigenvalue weighted by Gasteiger charge is 2.32. The first-order valence-corrected chi connectivity index (χ1v) is 10.8. The molecule has 0 spiro atoms. The number of anilines is 1. The molecule has 1 saturated carbocycles. The molecule has 2 aliphatic rings. The van der Waals surface area contributed by atoms with Crippen LogP contribution in [0.25, 0.3) is 0 Å². The van der Waals surface area contributed by atoms with E-state index in [4.69, 9.17) is 0 Å². The standard InChI is InChI=1S/C20H27N5OS/c1-15-7-3-4-8-16(15)13-21-18(26)14-27-20-23-22-19(25(20)17-9-10-17)24-11-5-2-6-12-24/h3-4,7-8,17H,2,5-6,9-14H2,1H3,(H,21,26). The van der Waals surface area contributed by atoms with Gasteiger partial charge in [0, 0.05) is 25.7 Å². The molecule has 0 atom stereocenters. The van der Waals surface area contributed by atoms with E-state index in [0.29, 0.717) is 18.3 Å². The molecule has 6 nitrogen and oxygen atoms in total. The van der Waals surface area contributed by atoms with E-state index in [1.54, 1.807) is 0 Å². The molecule has 1 aromatic heterocycles. The van der Waals surface area contributed by atoms with E-state index in [-0.39, 0.29) is 5.91 Å². The van der Waals surface area contributed by atoms with Gasteiger partial charge in [-0.15, -0.1) is 10.2 Å². The summed E-state index contributed by atoms with van der Waals surface area (Å²) in [6.07, 6.45) is 6.12. The molecule has 2 heterocycles. The number of nitrogens with zero attached hydrogens (tertiary/aromatic N) is 4. The lowest BCUT2D eigenvalue weighted by Crippen LogP contribution is -2.32. The summed E-state index contributed by atoms with van der Waals surface area (Å²) in [6, 6.07) is 8.65. The maximum absolute atomic E-state index is 12.3. The van der Waals surface area contributed by atoms with Crippen LogP contribution in [-0.4, -0.2) is 39.5 Å². The smallest absolute Gasteiger partial charge is 0.230 e. The third-order valence-corrected chi connectivity index (χ3v) is 6.21. The highest BCUT2D eigenvalue weighted by atomic mass is 32.2. The van der Waals surface area contributed by atoms with Crippen LogP contribution < -0.4 is 10.2 Å². The van der Waals surface area contributed by atoms with Crippen molar-refractivity contribution in [2.45, 2.75) is 56.8 Å². The van der Waals surface area contributed by atoms with Gasteiger partial charge in [-0.2, -0.15) is 0 Å². The van der Waals surface area contributed by atoms with Gasteiger partial charge in [-0.1, -0.05) is 36.0 Å². The van der Waals surface area contributed by atoms with Gasteiger partial charge in [0.2, 0.25) is 11.9 Å². The second kappa shape index (κ2) is 8.33. The van der Waals surface area contributed by atoms with E-state index < -0.39 is 0 Å². The minimum atomic E-state index is 0.0353. The Morgan fingerprint density at radius 1 is 1.19 bits per heavy atom.